The zero-order valence-electron chi connectivity index (χ0n) is 8.44. The monoisotopic (exact) mass is 208 g/mol. The average Bonchev–Trinajstić information content (AvgIpc) is 2.63. The van der Waals surface area contributed by atoms with Crippen molar-refractivity contribution in [2.24, 2.45) is 0 Å². The molecule has 2 nitrogen and oxygen atoms in total. The quantitative estimate of drug-likeness (QED) is 0.823. The zero-order chi connectivity index (χ0) is 9.80. The van der Waals surface area contributed by atoms with Crippen molar-refractivity contribution in [2.45, 2.75) is 31.2 Å². The van der Waals surface area contributed by atoms with E-state index in [0.29, 0.717) is 6.04 Å². The van der Waals surface area contributed by atoms with Gasteiger partial charge in [0.25, 0.3) is 0 Å². The lowest BCUT2D eigenvalue weighted by molar-refractivity contribution is 0.538. The van der Waals surface area contributed by atoms with Gasteiger partial charge in [0.15, 0.2) is 0 Å². The maximum Gasteiger partial charge on any atom is 0.0271 e. The summed E-state index contributed by atoms with van der Waals surface area (Å²) in [7, 11) is 0. The molecule has 2 rings (SSSR count). The van der Waals surface area contributed by atoms with Crippen molar-refractivity contribution in [3.8, 4) is 0 Å². The predicted octanol–water partition coefficient (Wildman–Crippen LogP) is 2.07. The Morgan fingerprint density at radius 1 is 1.50 bits per heavy atom. The summed E-state index contributed by atoms with van der Waals surface area (Å²) in [6, 6.07) is 4.83. The molecule has 0 radical (unpaired) electrons. The SMILES string of the molecule is CC1CC(NCc2ccncc2)CS1. The molecule has 0 aliphatic carbocycles. The van der Waals surface area contributed by atoms with Crippen molar-refractivity contribution in [1.29, 1.82) is 0 Å². The molecule has 3 heteroatoms. The molecule has 2 heterocycles. The summed E-state index contributed by atoms with van der Waals surface area (Å²) in [6.45, 7) is 3.28. The maximum absolute atomic E-state index is 4.01. The number of rotatable bonds is 3. The van der Waals surface area contributed by atoms with Crippen LogP contribution in [0.25, 0.3) is 0 Å². The smallest absolute Gasteiger partial charge is 0.0271 e. The fourth-order valence-corrected chi connectivity index (χ4v) is 2.91. The minimum Gasteiger partial charge on any atom is -0.309 e. The van der Waals surface area contributed by atoms with Crippen LogP contribution in [-0.4, -0.2) is 22.0 Å². The van der Waals surface area contributed by atoms with Gasteiger partial charge in [-0.05, 0) is 24.1 Å². The molecule has 1 aliphatic heterocycles. The summed E-state index contributed by atoms with van der Waals surface area (Å²) in [6.07, 6.45) is 5.00. The Morgan fingerprint density at radius 2 is 2.29 bits per heavy atom. The van der Waals surface area contributed by atoms with Crippen LogP contribution >= 0.6 is 11.8 Å². The van der Waals surface area contributed by atoms with Crippen molar-refractivity contribution in [3.63, 3.8) is 0 Å². The van der Waals surface area contributed by atoms with Crippen LogP contribution in [-0.2, 0) is 6.54 Å². The van der Waals surface area contributed by atoms with Gasteiger partial charge in [0.05, 0.1) is 0 Å². The van der Waals surface area contributed by atoms with Gasteiger partial charge in [-0.25, -0.2) is 0 Å². The van der Waals surface area contributed by atoms with Gasteiger partial charge in [0, 0.05) is 36.0 Å². The summed E-state index contributed by atoms with van der Waals surface area (Å²) in [5.41, 5.74) is 1.32. The van der Waals surface area contributed by atoms with Gasteiger partial charge < -0.3 is 5.32 Å². The molecule has 2 atom stereocenters. The van der Waals surface area contributed by atoms with Gasteiger partial charge in [-0.2, -0.15) is 11.8 Å². The van der Waals surface area contributed by atoms with Gasteiger partial charge in [-0.15, -0.1) is 0 Å². The summed E-state index contributed by atoms with van der Waals surface area (Å²) in [5, 5.41) is 4.40. The molecule has 1 aliphatic rings. The Hall–Kier alpha value is -0.540. The van der Waals surface area contributed by atoms with Gasteiger partial charge in [0.1, 0.15) is 0 Å². The van der Waals surface area contributed by atoms with Crippen LogP contribution in [0, 0.1) is 0 Å². The Labute approximate surface area is 89.5 Å². The van der Waals surface area contributed by atoms with Crippen LogP contribution in [0.3, 0.4) is 0 Å². The largest absolute Gasteiger partial charge is 0.309 e. The van der Waals surface area contributed by atoms with E-state index in [-0.39, 0.29) is 0 Å². The second-order valence-corrected chi connectivity index (χ2v) is 5.28. The third kappa shape index (κ3) is 2.72. The Balaban J connectivity index is 1.78. The number of pyridine rings is 1. The van der Waals surface area contributed by atoms with Crippen molar-refractivity contribution < 1.29 is 0 Å². The first-order chi connectivity index (χ1) is 6.84. The predicted molar refractivity (Wildman–Crippen MR) is 61.4 cm³/mol. The van der Waals surface area contributed by atoms with E-state index in [4.69, 9.17) is 0 Å². The average molecular weight is 208 g/mol. The molecule has 1 aromatic rings. The molecule has 1 fully saturated rings. The summed E-state index contributed by atoms with van der Waals surface area (Å²) >= 11 is 2.07. The van der Waals surface area contributed by atoms with E-state index in [9.17, 15) is 0 Å². The third-order valence-electron chi connectivity index (χ3n) is 2.54. The molecule has 2 unspecified atom stereocenters. The first kappa shape index (κ1) is 9.99. The summed E-state index contributed by atoms with van der Waals surface area (Å²) in [5.74, 6) is 1.26. The highest BCUT2D eigenvalue weighted by atomic mass is 32.2. The van der Waals surface area contributed by atoms with Gasteiger partial charge in [-0.3, -0.25) is 4.98 Å². The number of thioether (sulfide) groups is 1. The van der Waals surface area contributed by atoms with Crippen LogP contribution in [0.2, 0.25) is 0 Å². The normalized spacial score (nSPS) is 26.6. The molecule has 0 aromatic carbocycles. The molecular weight excluding hydrogens is 192 g/mol. The first-order valence-corrected chi connectivity index (χ1v) is 6.13. The summed E-state index contributed by atoms with van der Waals surface area (Å²) < 4.78 is 0. The second-order valence-electron chi connectivity index (χ2n) is 3.81. The molecule has 0 bridgehead atoms. The van der Waals surface area contributed by atoms with E-state index < -0.39 is 0 Å². The van der Waals surface area contributed by atoms with Gasteiger partial charge in [-0.1, -0.05) is 6.92 Å². The zero-order valence-corrected chi connectivity index (χ0v) is 9.26. The van der Waals surface area contributed by atoms with Crippen molar-refractivity contribution in [1.82, 2.24) is 10.3 Å². The lowest BCUT2D eigenvalue weighted by Gasteiger charge is -2.10. The van der Waals surface area contributed by atoms with Crippen molar-refractivity contribution in [2.75, 3.05) is 5.75 Å². The molecule has 14 heavy (non-hydrogen) atoms. The molecule has 0 spiro atoms. The highest BCUT2D eigenvalue weighted by molar-refractivity contribution is 8.00. The number of nitrogens with zero attached hydrogens (tertiary/aromatic N) is 1. The van der Waals surface area contributed by atoms with Crippen LogP contribution < -0.4 is 5.32 Å². The minimum absolute atomic E-state index is 0.697. The lowest BCUT2D eigenvalue weighted by Crippen LogP contribution is -2.28. The molecule has 0 amide bonds. The maximum atomic E-state index is 4.01. The highest BCUT2D eigenvalue weighted by Crippen LogP contribution is 2.25. The topological polar surface area (TPSA) is 24.9 Å². The van der Waals surface area contributed by atoms with E-state index in [1.165, 1.54) is 17.7 Å². The van der Waals surface area contributed by atoms with Crippen molar-refractivity contribution in [3.05, 3.63) is 30.1 Å². The second kappa shape index (κ2) is 4.80. The van der Waals surface area contributed by atoms with Gasteiger partial charge >= 0.3 is 0 Å². The van der Waals surface area contributed by atoms with E-state index >= 15 is 0 Å². The number of hydrogen-bond acceptors (Lipinski definition) is 3. The molecule has 1 N–H and O–H groups in total. The molecular formula is C11H16N2S. The van der Waals surface area contributed by atoms with E-state index in [0.717, 1.165) is 11.8 Å². The fraction of sp³-hybridized carbons (Fsp3) is 0.545. The van der Waals surface area contributed by atoms with Gasteiger partial charge in [0.2, 0.25) is 0 Å². The molecule has 1 aromatic heterocycles. The number of hydrogen-bond donors (Lipinski definition) is 1. The minimum atomic E-state index is 0.697. The fourth-order valence-electron chi connectivity index (χ4n) is 1.72. The van der Waals surface area contributed by atoms with Crippen molar-refractivity contribution >= 4 is 11.8 Å². The Kier molecular flexibility index (Phi) is 3.43. The third-order valence-corrected chi connectivity index (χ3v) is 3.90. The number of nitrogens with one attached hydrogen (secondary N) is 1. The Bertz CT molecular complexity index is 276. The van der Waals surface area contributed by atoms with Crippen LogP contribution in [0.5, 0.6) is 0 Å². The highest BCUT2D eigenvalue weighted by Gasteiger charge is 2.20. The summed E-state index contributed by atoms with van der Waals surface area (Å²) in [4.78, 5) is 4.01. The lowest BCUT2D eigenvalue weighted by atomic mass is 10.2. The first-order valence-electron chi connectivity index (χ1n) is 5.08. The number of aromatic nitrogens is 1. The van der Waals surface area contributed by atoms with Crippen LogP contribution in [0.1, 0.15) is 18.9 Å². The standard InChI is InChI=1S/C11H16N2S/c1-9-6-11(8-14-9)13-7-10-2-4-12-5-3-10/h2-5,9,11,13H,6-8H2,1H3. The van der Waals surface area contributed by atoms with Crippen LogP contribution in [0.15, 0.2) is 24.5 Å². The Morgan fingerprint density at radius 3 is 2.93 bits per heavy atom. The van der Waals surface area contributed by atoms with Crippen LogP contribution in [0.4, 0.5) is 0 Å². The van der Waals surface area contributed by atoms with E-state index in [2.05, 4.69) is 41.1 Å². The molecule has 76 valence electrons. The van der Waals surface area contributed by atoms with E-state index in [1.54, 1.807) is 0 Å². The molecule has 0 saturated carbocycles. The van der Waals surface area contributed by atoms with E-state index in [1.807, 2.05) is 12.4 Å². The molecule has 1 saturated heterocycles.